The molecular weight excluding hydrogens is 328 g/mol. The smallest absolute Gasteiger partial charge is 0.272 e. The van der Waals surface area contributed by atoms with Gasteiger partial charge in [0, 0.05) is 25.8 Å². The molecule has 26 heavy (non-hydrogen) atoms. The fraction of sp³-hybridized carbons (Fsp3) is 0.450. The number of carbonyl (C=O) groups is 1. The van der Waals surface area contributed by atoms with Crippen molar-refractivity contribution >= 4 is 11.9 Å². The summed E-state index contributed by atoms with van der Waals surface area (Å²) in [5.41, 5.74) is 1.67. The van der Waals surface area contributed by atoms with Gasteiger partial charge < -0.3 is 15.0 Å². The number of carbonyl (C=O) groups excluding carboxylic acids is 1. The second kappa shape index (κ2) is 9.17. The summed E-state index contributed by atoms with van der Waals surface area (Å²) in [7, 11) is 1.66. The third-order valence-electron chi connectivity index (χ3n) is 4.62. The van der Waals surface area contributed by atoms with Gasteiger partial charge in [0.15, 0.2) is 0 Å². The van der Waals surface area contributed by atoms with E-state index in [4.69, 9.17) is 4.74 Å². The van der Waals surface area contributed by atoms with E-state index in [9.17, 15) is 4.79 Å². The topological polar surface area (TPSA) is 67.3 Å². The third kappa shape index (κ3) is 4.94. The number of hydrogen-bond acceptors (Lipinski definition) is 5. The lowest BCUT2D eigenvalue weighted by molar-refractivity contribution is 0.0755. The number of anilines is 1. The quantitative estimate of drug-likeness (QED) is 0.863. The van der Waals surface area contributed by atoms with E-state index in [-0.39, 0.29) is 5.91 Å². The van der Waals surface area contributed by atoms with Crippen molar-refractivity contribution in [3.05, 3.63) is 47.8 Å². The number of amides is 1. The molecule has 0 bridgehead atoms. The van der Waals surface area contributed by atoms with Gasteiger partial charge in [-0.1, -0.05) is 25.0 Å². The van der Waals surface area contributed by atoms with Gasteiger partial charge in [-0.15, -0.1) is 0 Å². The second-order valence-electron chi connectivity index (χ2n) is 6.50. The predicted molar refractivity (Wildman–Crippen MR) is 102 cm³/mol. The molecule has 6 nitrogen and oxygen atoms in total. The Morgan fingerprint density at radius 1 is 1.12 bits per heavy atom. The Labute approximate surface area is 154 Å². The lowest BCUT2D eigenvalue weighted by atomic mass is 10.1. The number of ether oxygens (including phenoxy) is 1. The maximum absolute atomic E-state index is 12.7. The molecule has 0 saturated carbocycles. The Balaban J connectivity index is 1.55. The first-order valence-corrected chi connectivity index (χ1v) is 9.25. The highest BCUT2D eigenvalue weighted by atomic mass is 16.5. The highest BCUT2D eigenvalue weighted by molar-refractivity contribution is 5.92. The number of aromatic nitrogens is 2. The largest absolute Gasteiger partial charge is 0.497 e. The van der Waals surface area contributed by atoms with Crippen LogP contribution in [0.3, 0.4) is 0 Å². The van der Waals surface area contributed by atoms with Crippen molar-refractivity contribution in [3.63, 3.8) is 0 Å². The molecule has 138 valence electrons. The minimum atomic E-state index is 0.00695. The zero-order valence-corrected chi connectivity index (χ0v) is 15.3. The average molecular weight is 354 g/mol. The van der Waals surface area contributed by atoms with E-state index in [1.165, 1.54) is 18.4 Å². The number of benzene rings is 1. The third-order valence-corrected chi connectivity index (χ3v) is 4.62. The van der Waals surface area contributed by atoms with Gasteiger partial charge in [0.2, 0.25) is 5.95 Å². The normalized spacial score (nSPS) is 14.6. The molecule has 0 atom stereocenters. The maximum atomic E-state index is 12.7. The minimum absolute atomic E-state index is 0.00695. The molecule has 1 aromatic heterocycles. The van der Waals surface area contributed by atoms with Crippen molar-refractivity contribution < 1.29 is 9.53 Å². The zero-order valence-electron chi connectivity index (χ0n) is 15.3. The first-order chi connectivity index (χ1) is 12.8. The van der Waals surface area contributed by atoms with Crippen molar-refractivity contribution in [2.24, 2.45) is 0 Å². The molecule has 0 aliphatic carbocycles. The van der Waals surface area contributed by atoms with Crippen LogP contribution < -0.4 is 10.1 Å². The lowest BCUT2D eigenvalue weighted by Gasteiger charge is -2.19. The Morgan fingerprint density at radius 2 is 1.85 bits per heavy atom. The summed E-state index contributed by atoms with van der Waals surface area (Å²) in [6, 6.07) is 9.68. The van der Waals surface area contributed by atoms with E-state index in [0.717, 1.165) is 38.1 Å². The van der Waals surface area contributed by atoms with E-state index in [1.54, 1.807) is 19.4 Å². The average Bonchev–Trinajstić information content (AvgIpc) is 2.98. The summed E-state index contributed by atoms with van der Waals surface area (Å²) in [4.78, 5) is 23.2. The second-order valence-corrected chi connectivity index (χ2v) is 6.50. The standard InChI is InChI=1S/C20H26N4O2/c1-26-17-8-6-16(7-9-17)10-12-21-20-22-13-11-18(23-20)19(25)24-14-4-2-3-5-15-24/h6-9,11,13H,2-5,10,12,14-15H2,1H3,(H,21,22,23). The molecule has 0 spiro atoms. The van der Waals surface area contributed by atoms with E-state index >= 15 is 0 Å². The predicted octanol–water partition coefficient (Wildman–Crippen LogP) is 3.16. The van der Waals surface area contributed by atoms with Gasteiger partial charge in [0.25, 0.3) is 5.91 Å². The molecule has 3 rings (SSSR count). The van der Waals surface area contributed by atoms with Crippen molar-refractivity contribution in [3.8, 4) is 5.75 Å². The number of nitrogens with one attached hydrogen (secondary N) is 1. The van der Waals surface area contributed by atoms with E-state index in [2.05, 4.69) is 15.3 Å². The number of methoxy groups -OCH3 is 1. The molecule has 1 saturated heterocycles. The van der Waals surface area contributed by atoms with E-state index < -0.39 is 0 Å². The number of hydrogen-bond donors (Lipinski definition) is 1. The molecule has 1 N–H and O–H groups in total. The van der Waals surface area contributed by atoms with Gasteiger partial charge in [-0.3, -0.25) is 4.79 Å². The first-order valence-electron chi connectivity index (χ1n) is 9.25. The number of likely N-dealkylation sites (tertiary alicyclic amines) is 1. The number of nitrogens with zero attached hydrogens (tertiary/aromatic N) is 3. The van der Waals surface area contributed by atoms with Crippen LogP contribution in [-0.2, 0) is 6.42 Å². The minimum Gasteiger partial charge on any atom is -0.497 e. The maximum Gasteiger partial charge on any atom is 0.272 e. The summed E-state index contributed by atoms with van der Waals surface area (Å²) >= 11 is 0. The van der Waals surface area contributed by atoms with Crippen LogP contribution in [-0.4, -0.2) is 47.5 Å². The Kier molecular flexibility index (Phi) is 6.41. The van der Waals surface area contributed by atoms with Crippen molar-refractivity contribution in [1.29, 1.82) is 0 Å². The van der Waals surface area contributed by atoms with Gasteiger partial charge in [0.1, 0.15) is 11.4 Å². The molecule has 1 aliphatic rings. The summed E-state index contributed by atoms with van der Waals surface area (Å²) in [5, 5.41) is 3.21. The van der Waals surface area contributed by atoms with Crippen LogP contribution in [0.1, 0.15) is 41.7 Å². The first kappa shape index (κ1) is 18.2. The van der Waals surface area contributed by atoms with E-state index in [0.29, 0.717) is 18.2 Å². The molecule has 1 fully saturated rings. The summed E-state index contributed by atoms with van der Waals surface area (Å²) < 4.78 is 5.16. The van der Waals surface area contributed by atoms with Gasteiger partial charge in [-0.2, -0.15) is 0 Å². The highest BCUT2D eigenvalue weighted by Gasteiger charge is 2.18. The molecule has 6 heteroatoms. The van der Waals surface area contributed by atoms with Crippen LogP contribution in [0.5, 0.6) is 5.75 Å². The van der Waals surface area contributed by atoms with Crippen LogP contribution in [0.15, 0.2) is 36.5 Å². The fourth-order valence-electron chi connectivity index (χ4n) is 3.11. The SMILES string of the molecule is COc1ccc(CCNc2nccc(C(=O)N3CCCCCC3)n2)cc1. The van der Waals surface area contributed by atoms with Gasteiger partial charge in [-0.05, 0) is 43.0 Å². The monoisotopic (exact) mass is 354 g/mol. The van der Waals surface area contributed by atoms with Crippen LogP contribution in [0, 0.1) is 0 Å². The molecule has 2 heterocycles. The number of rotatable bonds is 6. The van der Waals surface area contributed by atoms with Gasteiger partial charge >= 0.3 is 0 Å². The van der Waals surface area contributed by atoms with Crippen LogP contribution in [0.25, 0.3) is 0 Å². The molecule has 1 aliphatic heterocycles. The molecule has 0 radical (unpaired) electrons. The molecular formula is C20H26N4O2. The van der Waals surface area contributed by atoms with Gasteiger partial charge in [0.05, 0.1) is 7.11 Å². The van der Waals surface area contributed by atoms with Crippen LogP contribution in [0.4, 0.5) is 5.95 Å². The van der Waals surface area contributed by atoms with E-state index in [1.807, 2.05) is 29.2 Å². The molecule has 1 aromatic carbocycles. The van der Waals surface area contributed by atoms with Crippen LogP contribution >= 0.6 is 0 Å². The molecule has 1 amide bonds. The Morgan fingerprint density at radius 3 is 2.54 bits per heavy atom. The zero-order chi connectivity index (χ0) is 18.2. The molecule has 0 unspecified atom stereocenters. The lowest BCUT2D eigenvalue weighted by Crippen LogP contribution is -2.32. The molecule has 2 aromatic rings. The highest BCUT2D eigenvalue weighted by Crippen LogP contribution is 2.14. The summed E-state index contributed by atoms with van der Waals surface area (Å²) in [6.45, 7) is 2.35. The summed E-state index contributed by atoms with van der Waals surface area (Å²) in [6.07, 6.45) is 7.04. The Hall–Kier alpha value is -2.63. The fourth-order valence-corrected chi connectivity index (χ4v) is 3.11. The van der Waals surface area contributed by atoms with Crippen molar-refractivity contribution in [1.82, 2.24) is 14.9 Å². The van der Waals surface area contributed by atoms with Crippen LogP contribution in [0.2, 0.25) is 0 Å². The Bertz CT molecular complexity index is 710. The van der Waals surface area contributed by atoms with Gasteiger partial charge in [-0.25, -0.2) is 9.97 Å². The van der Waals surface area contributed by atoms with Crippen molar-refractivity contribution in [2.45, 2.75) is 32.1 Å². The van der Waals surface area contributed by atoms with Crippen molar-refractivity contribution in [2.75, 3.05) is 32.1 Å². The summed E-state index contributed by atoms with van der Waals surface area (Å²) in [5.74, 6) is 1.36.